The molecule has 10 atom stereocenters. The van der Waals surface area contributed by atoms with Crippen LogP contribution in [-0.4, -0.2) is 17.3 Å². The Morgan fingerprint density at radius 2 is 1.81 bits per heavy atom. The molecule has 4 aliphatic rings. The molecule has 0 aromatic carbocycles. The molecule has 26 heavy (non-hydrogen) atoms. The van der Waals surface area contributed by atoms with Crippen LogP contribution in [0.5, 0.6) is 0 Å². The fourth-order valence-electron chi connectivity index (χ4n) is 8.87. The van der Waals surface area contributed by atoms with Crippen molar-refractivity contribution in [3.05, 3.63) is 0 Å². The fourth-order valence-corrected chi connectivity index (χ4v) is 8.87. The predicted molar refractivity (Wildman–Crippen MR) is 109 cm³/mol. The molecule has 0 saturated heterocycles. The second-order valence-corrected chi connectivity index (χ2v) is 11.3. The van der Waals surface area contributed by atoms with E-state index in [1.807, 2.05) is 0 Å². The van der Waals surface area contributed by atoms with Crippen molar-refractivity contribution in [2.24, 2.45) is 52.1 Å². The van der Waals surface area contributed by atoms with Crippen molar-refractivity contribution >= 4 is 0 Å². The van der Waals surface area contributed by atoms with Crippen LogP contribution >= 0.6 is 0 Å². The van der Waals surface area contributed by atoms with Crippen molar-refractivity contribution in [3.8, 4) is 0 Å². The summed E-state index contributed by atoms with van der Waals surface area (Å²) in [6.45, 7) is 9.82. The van der Waals surface area contributed by atoms with Gasteiger partial charge in [-0.3, -0.25) is 0 Å². The number of hydrogen-bond donors (Lipinski definition) is 2. The van der Waals surface area contributed by atoms with Crippen LogP contribution < -0.4 is 5.73 Å². The van der Waals surface area contributed by atoms with Crippen molar-refractivity contribution < 1.29 is 5.11 Å². The van der Waals surface area contributed by atoms with Crippen LogP contribution in [0.4, 0.5) is 0 Å². The molecule has 150 valence electrons. The van der Waals surface area contributed by atoms with Crippen molar-refractivity contribution in [2.45, 2.75) is 104 Å². The van der Waals surface area contributed by atoms with E-state index in [0.717, 1.165) is 41.9 Å². The lowest BCUT2D eigenvalue weighted by molar-refractivity contribution is -0.169. The zero-order valence-corrected chi connectivity index (χ0v) is 17.7. The fraction of sp³-hybridized carbons (Fsp3) is 1.00. The highest BCUT2D eigenvalue weighted by molar-refractivity contribution is 5.12. The summed E-state index contributed by atoms with van der Waals surface area (Å²) >= 11 is 0. The normalized spacial score (nSPS) is 54.9. The number of hydrogen-bond acceptors (Lipinski definition) is 2. The molecule has 4 fully saturated rings. The van der Waals surface area contributed by atoms with Gasteiger partial charge in [0.1, 0.15) is 0 Å². The molecule has 0 bridgehead atoms. The van der Waals surface area contributed by atoms with Gasteiger partial charge in [-0.15, -0.1) is 0 Å². The highest BCUT2D eigenvalue weighted by Gasteiger charge is 2.63. The quantitative estimate of drug-likeness (QED) is 0.709. The Bertz CT molecular complexity index is 520. The SMILES string of the molecule is CCC[C@@H](C)[C@H]1CC[C@H]2[C@@H]3CC[C@@H]4C[C@@H](N)CC[C@]4(C)[C@H]3C[C@H](O)[C@]12C. The van der Waals surface area contributed by atoms with Gasteiger partial charge in [-0.1, -0.05) is 40.5 Å². The maximum Gasteiger partial charge on any atom is 0.0602 e. The van der Waals surface area contributed by atoms with Crippen LogP contribution in [0.3, 0.4) is 0 Å². The van der Waals surface area contributed by atoms with E-state index in [1.54, 1.807) is 0 Å². The van der Waals surface area contributed by atoms with E-state index >= 15 is 0 Å². The first kappa shape index (κ1) is 19.2. The van der Waals surface area contributed by atoms with Gasteiger partial charge in [-0.25, -0.2) is 0 Å². The second-order valence-electron chi connectivity index (χ2n) is 11.3. The van der Waals surface area contributed by atoms with Gasteiger partial charge in [0.05, 0.1) is 6.10 Å². The zero-order valence-electron chi connectivity index (χ0n) is 17.7. The third-order valence-corrected chi connectivity index (χ3v) is 10.3. The third kappa shape index (κ3) is 2.65. The molecule has 4 aliphatic carbocycles. The first-order valence-corrected chi connectivity index (χ1v) is 11.8. The van der Waals surface area contributed by atoms with E-state index in [9.17, 15) is 5.11 Å². The number of aliphatic hydroxyl groups is 1. The van der Waals surface area contributed by atoms with E-state index < -0.39 is 0 Å². The van der Waals surface area contributed by atoms with Crippen LogP contribution in [0.2, 0.25) is 0 Å². The van der Waals surface area contributed by atoms with Crippen LogP contribution in [0, 0.1) is 46.3 Å². The first-order chi connectivity index (χ1) is 12.3. The van der Waals surface area contributed by atoms with E-state index in [0.29, 0.717) is 11.5 Å². The van der Waals surface area contributed by atoms with Crippen molar-refractivity contribution in [2.75, 3.05) is 0 Å². The lowest BCUT2D eigenvalue weighted by Crippen LogP contribution is -2.59. The van der Waals surface area contributed by atoms with E-state index in [1.165, 1.54) is 57.8 Å². The maximum absolute atomic E-state index is 11.5. The predicted octanol–water partition coefficient (Wildman–Crippen LogP) is 5.38. The summed E-state index contributed by atoms with van der Waals surface area (Å²) in [6, 6.07) is 0.425. The molecular weight excluding hydrogens is 318 g/mol. The summed E-state index contributed by atoms with van der Waals surface area (Å²) in [4.78, 5) is 0. The number of rotatable bonds is 3. The molecule has 0 heterocycles. The van der Waals surface area contributed by atoms with Gasteiger partial charge in [0.15, 0.2) is 0 Å². The molecule has 0 aromatic heterocycles. The Morgan fingerprint density at radius 1 is 1.04 bits per heavy atom. The topological polar surface area (TPSA) is 46.2 Å². The Kier molecular flexibility index (Phi) is 5.01. The number of aliphatic hydroxyl groups excluding tert-OH is 1. The lowest BCUT2D eigenvalue weighted by atomic mass is 9.43. The van der Waals surface area contributed by atoms with Crippen molar-refractivity contribution in [1.82, 2.24) is 0 Å². The summed E-state index contributed by atoms with van der Waals surface area (Å²) in [5.74, 6) is 4.66. The van der Waals surface area contributed by atoms with Gasteiger partial charge in [0.2, 0.25) is 0 Å². The van der Waals surface area contributed by atoms with Gasteiger partial charge in [-0.05, 0) is 97.7 Å². The van der Waals surface area contributed by atoms with E-state index in [4.69, 9.17) is 5.73 Å². The molecule has 3 N–H and O–H groups in total. The molecule has 0 radical (unpaired) electrons. The molecule has 0 aliphatic heterocycles. The smallest absolute Gasteiger partial charge is 0.0602 e. The summed E-state index contributed by atoms with van der Waals surface area (Å²) in [5.41, 5.74) is 6.94. The molecule has 0 amide bonds. The minimum atomic E-state index is -0.0910. The van der Waals surface area contributed by atoms with Crippen LogP contribution in [0.15, 0.2) is 0 Å². The first-order valence-electron chi connectivity index (χ1n) is 11.8. The van der Waals surface area contributed by atoms with Gasteiger partial charge >= 0.3 is 0 Å². The molecule has 0 unspecified atom stereocenters. The number of fused-ring (bicyclic) bond motifs is 5. The number of nitrogens with two attached hydrogens (primary N) is 1. The molecule has 0 aromatic rings. The van der Waals surface area contributed by atoms with Gasteiger partial charge < -0.3 is 10.8 Å². The average molecular weight is 362 g/mol. The molecule has 4 saturated carbocycles. The van der Waals surface area contributed by atoms with Crippen molar-refractivity contribution in [1.29, 1.82) is 0 Å². The van der Waals surface area contributed by atoms with Crippen LogP contribution in [0.1, 0.15) is 91.9 Å². The summed E-state index contributed by atoms with van der Waals surface area (Å²) in [5, 5.41) is 11.5. The van der Waals surface area contributed by atoms with Crippen LogP contribution in [0.25, 0.3) is 0 Å². The summed E-state index contributed by atoms with van der Waals surface area (Å²) in [6.07, 6.45) is 12.8. The van der Waals surface area contributed by atoms with E-state index in [2.05, 4.69) is 27.7 Å². The van der Waals surface area contributed by atoms with E-state index in [-0.39, 0.29) is 11.5 Å². The molecule has 4 rings (SSSR count). The van der Waals surface area contributed by atoms with Gasteiger partial charge in [-0.2, -0.15) is 0 Å². The Labute approximate surface area is 161 Å². The average Bonchev–Trinajstić information content (AvgIpc) is 2.96. The lowest BCUT2D eigenvalue weighted by Gasteiger charge is -2.62. The zero-order chi connectivity index (χ0) is 18.7. The molecular formula is C24H43NO. The highest BCUT2D eigenvalue weighted by atomic mass is 16.3. The minimum Gasteiger partial charge on any atom is -0.393 e. The molecule has 2 nitrogen and oxygen atoms in total. The molecule has 2 heteroatoms. The summed E-state index contributed by atoms with van der Waals surface area (Å²) < 4.78 is 0. The van der Waals surface area contributed by atoms with Gasteiger partial charge in [0.25, 0.3) is 0 Å². The Balaban J connectivity index is 1.61. The second kappa shape index (κ2) is 6.76. The Hall–Kier alpha value is -0.0800. The standard InChI is InChI=1S/C24H43NO/c1-5-6-15(2)19-9-10-20-18-8-7-16-13-17(25)11-12-23(16,3)21(18)14-22(26)24(19,20)4/h15-22,26H,5-14,25H2,1-4H3/t15-,16-,17+,18+,19-,20+,21+,22+,23+,24-/m1/s1. The van der Waals surface area contributed by atoms with Crippen LogP contribution in [-0.2, 0) is 0 Å². The largest absolute Gasteiger partial charge is 0.393 e. The van der Waals surface area contributed by atoms with Crippen molar-refractivity contribution in [3.63, 3.8) is 0 Å². The highest BCUT2D eigenvalue weighted by Crippen LogP contribution is 2.68. The summed E-state index contributed by atoms with van der Waals surface area (Å²) in [7, 11) is 0. The minimum absolute atomic E-state index is 0.0910. The van der Waals surface area contributed by atoms with Gasteiger partial charge in [0, 0.05) is 6.04 Å². The maximum atomic E-state index is 11.5. The Morgan fingerprint density at radius 3 is 2.54 bits per heavy atom. The third-order valence-electron chi connectivity index (χ3n) is 10.3. The molecule has 0 spiro atoms. The monoisotopic (exact) mass is 361 g/mol.